The van der Waals surface area contributed by atoms with Crippen LogP contribution in [-0.2, 0) is 10.0 Å². The van der Waals surface area contributed by atoms with E-state index in [9.17, 15) is 12.8 Å². The van der Waals surface area contributed by atoms with E-state index in [0.717, 1.165) is 43.3 Å². The molecule has 0 aliphatic carbocycles. The van der Waals surface area contributed by atoms with Gasteiger partial charge < -0.3 is 5.32 Å². The number of rotatable bonds is 4. The summed E-state index contributed by atoms with van der Waals surface area (Å²) in [5.41, 5.74) is 0.726. The zero-order valence-corrected chi connectivity index (χ0v) is 11.5. The molecule has 1 aromatic rings. The fourth-order valence-corrected chi connectivity index (χ4v) is 2.92. The minimum absolute atomic E-state index is 0.106. The number of sulfonamides is 1. The molecule has 2 N–H and O–H groups in total. The fourth-order valence-electron chi connectivity index (χ4n) is 1.86. The number of halogens is 1. The quantitative estimate of drug-likeness (QED) is 0.808. The summed E-state index contributed by atoms with van der Waals surface area (Å²) in [5, 5.41) is 11.9. The monoisotopic (exact) mass is 295 g/mol. The van der Waals surface area contributed by atoms with Crippen LogP contribution in [0, 0.1) is 17.1 Å². The third kappa shape index (κ3) is 3.42. The number of hydrogen-bond acceptors (Lipinski definition) is 4. The van der Waals surface area contributed by atoms with Crippen LogP contribution in [0.2, 0.25) is 0 Å². The third-order valence-corrected chi connectivity index (χ3v) is 4.41. The molecule has 0 saturated carbocycles. The predicted octanol–water partition coefficient (Wildman–Crippen LogP) is 0.895. The first-order valence-electron chi connectivity index (χ1n) is 6.11. The highest BCUT2D eigenvalue weighted by Gasteiger charge is 2.16. The van der Waals surface area contributed by atoms with Crippen LogP contribution in [0.25, 0.3) is 0 Å². The van der Waals surface area contributed by atoms with Crippen molar-refractivity contribution in [3.8, 4) is 6.07 Å². The van der Waals surface area contributed by atoms with Gasteiger partial charge in [-0.25, -0.2) is 17.5 Å². The molecule has 0 spiro atoms. The number of hydrogen-bond donors (Lipinski definition) is 2. The average Bonchev–Trinajstić information content (AvgIpc) is 2.46. The topological polar surface area (TPSA) is 82.0 Å². The lowest BCUT2D eigenvalue weighted by Crippen LogP contribution is -2.29. The number of nitrogens with zero attached hydrogens (tertiary/aromatic N) is 1. The van der Waals surface area contributed by atoms with Gasteiger partial charge in [-0.15, -0.1) is 0 Å². The molecule has 0 saturated heterocycles. The van der Waals surface area contributed by atoms with Crippen molar-refractivity contribution < 1.29 is 12.8 Å². The van der Waals surface area contributed by atoms with Crippen molar-refractivity contribution in [2.75, 3.05) is 19.6 Å². The smallest absolute Gasteiger partial charge is 0.240 e. The first kappa shape index (κ1) is 14.7. The molecular weight excluding hydrogens is 281 g/mol. The summed E-state index contributed by atoms with van der Waals surface area (Å²) in [6.45, 7) is 1.78. The molecule has 7 heteroatoms. The van der Waals surface area contributed by atoms with Crippen molar-refractivity contribution in [1.82, 2.24) is 10.0 Å². The Balaban J connectivity index is 2.14. The molecule has 20 heavy (non-hydrogen) atoms. The summed E-state index contributed by atoms with van der Waals surface area (Å²) in [6, 6.07) is 4.79. The first-order valence-corrected chi connectivity index (χ1v) is 7.59. The van der Waals surface area contributed by atoms with Crippen LogP contribution in [0.15, 0.2) is 34.7 Å². The van der Waals surface area contributed by atoms with Gasteiger partial charge in [-0.05, 0) is 31.2 Å². The molecule has 5 nitrogen and oxygen atoms in total. The van der Waals surface area contributed by atoms with Gasteiger partial charge in [0.15, 0.2) is 0 Å². The molecule has 0 unspecified atom stereocenters. The minimum Gasteiger partial charge on any atom is -0.313 e. The van der Waals surface area contributed by atoms with Crippen LogP contribution in [0.5, 0.6) is 0 Å². The third-order valence-electron chi connectivity index (χ3n) is 3.02. The molecule has 1 aliphatic rings. The highest BCUT2D eigenvalue weighted by molar-refractivity contribution is 7.89. The summed E-state index contributed by atoms with van der Waals surface area (Å²) in [7, 11) is -3.74. The SMILES string of the molecule is N#Cc1cc(S(=O)(=O)NCC2=CCNCC2)ccc1F. The summed E-state index contributed by atoms with van der Waals surface area (Å²) in [5.74, 6) is -0.729. The maximum absolute atomic E-state index is 13.2. The van der Waals surface area contributed by atoms with E-state index in [1.165, 1.54) is 0 Å². The molecule has 0 aromatic heterocycles. The van der Waals surface area contributed by atoms with E-state index in [2.05, 4.69) is 10.0 Å². The highest BCUT2D eigenvalue weighted by Crippen LogP contribution is 2.15. The van der Waals surface area contributed by atoms with Crippen LogP contribution >= 0.6 is 0 Å². The largest absolute Gasteiger partial charge is 0.313 e. The fraction of sp³-hybridized carbons (Fsp3) is 0.308. The van der Waals surface area contributed by atoms with Gasteiger partial charge in [0, 0.05) is 13.1 Å². The Labute approximate surface area is 117 Å². The zero-order valence-electron chi connectivity index (χ0n) is 10.7. The van der Waals surface area contributed by atoms with Crippen molar-refractivity contribution in [3.63, 3.8) is 0 Å². The van der Waals surface area contributed by atoms with E-state index < -0.39 is 15.8 Å². The van der Waals surface area contributed by atoms with Gasteiger partial charge in [-0.1, -0.05) is 11.6 Å². The van der Waals surface area contributed by atoms with Crippen molar-refractivity contribution >= 4 is 10.0 Å². The summed E-state index contributed by atoms with van der Waals surface area (Å²) < 4.78 is 39.8. The highest BCUT2D eigenvalue weighted by atomic mass is 32.2. The second-order valence-corrected chi connectivity index (χ2v) is 6.16. The van der Waals surface area contributed by atoms with Crippen molar-refractivity contribution in [1.29, 1.82) is 5.26 Å². The van der Waals surface area contributed by atoms with E-state index in [0.29, 0.717) is 0 Å². The van der Waals surface area contributed by atoms with Gasteiger partial charge in [-0.3, -0.25) is 0 Å². The van der Waals surface area contributed by atoms with Gasteiger partial charge >= 0.3 is 0 Å². The molecule has 1 heterocycles. The van der Waals surface area contributed by atoms with Gasteiger partial charge in [0.2, 0.25) is 10.0 Å². The minimum atomic E-state index is -3.74. The standard InChI is InChI=1S/C13H14FN3O2S/c14-13-2-1-12(7-11(13)8-15)20(18,19)17-9-10-3-5-16-6-4-10/h1-3,7,16-17H,4-6,9H2. The van der Waals surface area contributed by atoms with Crippen LogP contribution in [0.4, 0.5) is 4.39 Å². The van der Waals surface area contributed by atoms with E-state index in [1.54, 1.807) is 6.07 Å². The molecule has 0 radical (unpaired) electrons. The van der Waals surface area contributed by atoms with Crippen LogP contribution < -0.4 is 10.0 Å². The molecular formula is C13H14FN3O2S. The second kappa shape index (κ2) is 6.13. The van der Waals surface area contributed by atoms with Gasteiger partial charge in [0.25, 0.3) is 0 Å². The van der Waals surface area contributed by atoms with Gasteiger partial charge in [0.1, 0.15) is 11.9 Å². The lowest BCUT2D eigenvalue weighted by atomic mass is 10.1. The number of benzene rings is 1. The molecule has 1 aliphatic heterocycles. The first-order chi connectivity index (χ1) is 9.53. The van der Waals surface area contributed by atoms with Crippen molar-refractivity contribution in [3.05, 3.63) is 41.2 Å². The lowest BCUT2D eigenvalue weighted by Gasteiger charge is -2.14. The number of nitriles is 1. The van der Waals surface area contributed by atoms with Crippen molar-refractivity contribution in [2.24, 2.45) is 0 Å². The summed E-state index contributed by atoms with van der Waals surface area (Å²) in [4.78, 5) is -0.106. The van der Waals surface area contributed by atoms with Gasteiger partial charge in [-0.2, -0.15) is 5.26 Å². The van der Waals surface area contributed by atoms with E-state index in [-0.39, 0.29) is 17.0 Å². The molecule has 1 aromatic carbocycles. The Hall–Kier alpha value is -1.75. The Bertz CT molecular complexity index is 677. The van der Waals surface area contributed by atoms with Crippen LogP contribution in [-0.4, -0.2) is 28.1 Å². The van der Waals surface area contributed by atoms with E-state index in [4.69, 9.17) is 5.26 Å². The zero-order chi connectivity index (χ0) is 14.6. The predicted molar refractivity (Wildman–Crippen MR) is 71.9 cm³/mol. The maximum Gasteiger partial charge on any atom is 0.240 e. The van der Waals surface area contributed by atoms with E-state index in [1.807, 2.05) is 6.08 Å². The summed E-state index contributed by atoms with van der Waals surface area (Å²) >= 11 is 0. The molecule has 2 rings (SSSR count). The normalized spacial score (nSPS) is 15.5. The second-order valence-electron chi connectivity index (χ2n) is 4.39. The lowest BCUT2D eigenvalue weighted by molar-refractivity contribution is 0.581. The summed E-state index contributed by atoms with van der Waals surface area (Å²) in [6.07, 6.45) is 2.73. The molecule has 0 amide bonds. The molecule has 106 valence electrons. The Kier molecular flexibility index (Phi) is 4.49. The van der Waals surface area contributed by atoms with Crippen LogP contribution in [0.1, 0.15) is 12.0 Å². The average molecular weight is 295 g/mol. The van der Waals surface area contributed by atoms with Crippen molar-refractivity contribution in [2.45, 2.75) is 11.3 Å². The Morgan fingerprint density at radius 2 is 2.25 bits per heavy atom. The Morgan fingerprint density at radius 1 is 1.45 bits per heavy atom. The van der Waals surface area contributed by atoms with E-state index >= 15 is 0 Å². The molecule has 0 atom stereocenters. The molecule has 0 bridgehead atoms. The maximum atomic E-state index is 13.2. The Morgan fingerprint density at radius 3 is 2.90 bits per heavy atom. The molecule has 0 fully saturated rings. The van der Waals surface area contributed by atoms with Gasteiger partial charge in [0.05, 0.1) is 10.5 Å². The van der Waals surface area contributed by atoms with Crippen LogP contribution in [0.3, 0.4) is 0 Å². The number of nitrogens with one attached hydrogen (secondary N) is 2.